The molecule has 0 aromatic heterocycles. The standard InChI is InChI=1S/C23H26N2O3/c1-14(2)28-21-11-7-5-9-19(21)24-22(26)17-13-18(17)23(27)25-15(3)12-16-8-4-6-10-20(16)25/h4-11,14-15,17-18H,12-13H2,1-3H3,(H,24,26). The van der Waals surface area contributed by atoms with Gasteiger partial charge in [-0.1, -0.05) is 30.3 Å². The number of amides is 2. The molecule has 1 aliphatic carbocycles. The molecule has 3 unspecified atom stereocenters. The summed E-state index contributed by atoms with van der Waals surface area (Å²) in [4.78, 5) is 27.7. The maximum absolute atomic E-state index is 13.1. The van der Waals surface area contributed by atoms with E-state index in [0.29, 0.717) is 17.9 Å². The molecule has 5 nitrogen and oxygen atoms in total. The van der Waals surface area contributed by atoms with Crippen LogP contribution in [0.1, 0.15) is 32.8 Å². The van der Waals surface area contributed by atoms with Gasteiger partial charge in [0.1, 0.15) is 5.75 Å². The van der Waals surface area contributed by atoms with E-state index in [1.165, 1.54) is 5.56 Å². The number of para-hydroxylation sites is 3. The van der Waals surface area contributed by atoms with Crippen LogP contribution < -0.4 is 15.0 Å². The Kier molecular flexibility index (Phi) is 4.84. The van der Waals surface area contributed by atoms with Crippen molar-refractivity contribution < 1.29 is 14.3 Å². The molecule has 2 aromatic carbocycles. The fourth-order valence-corrected chi connectivity index (χ4v) is 3.99. The van der Waals surface area contributed by atoms with E-state index in [2.05, 4.69) is 18.3 Å². The third-order valence-corrected chi connectivity index (χ3v) is 5.40. The third kappa shape index (κ3) is 3.49. The molecule has 3 atom stereocenters. The molecule has 0 saturated heterocycles. The predicted octanol–water partition coefficient (Wildman–Crippen LogP) is 4.03. The summed E-state index contributed by atoms with van der Waals surface area (Å²) in [6, 6.07) is 15.6. The number of anilines is 2. The van der Waals surface area contributed by atoms with Gasteiger partial charge in [-0.05, 0) is 57.4 Å². The van der Waals surface area contributed by atoms with Crippen LogP contribution in [0.15, 0.2) is 48.5 Å². The van der Waals surface area contributed by atoms with Crippen LogP contribution in [0.25, 0.3) is 0 Å². The fourth-order valence-electron chi connectivity index (χ4n) is 3.99. The van der Waals surface area contributed by atoms with E-state index >= 15 is 0 Å². The van der Waals surface area contributed by atoms with E-state index in [1.54, 1.807) is 0 Å². The van der Waals surface area contributed by atoms with Gasteiger partial charge in [0.2, 0.25) is 11.8 Å². The number of carbonyl (C=O) groups excluding carboxylic acids is 2. The van der Waals surface area contributed by atoms with Gasteiger partial charge in [-0.3, -0.25) is 9.59 Å². The van der Waals surface area contributed by atoms with Crippen LogP contribution in [-0.4, -0.2) is 24.0 Å². The van der Waals surface area contributed by atoms with Gasteiger partial charge in [0, 0.05) is 11.7 Å². The number of nitrogens with one attached hydrogen (secondary N) is 1. The van der Waals surface area contributed by atoms with Crippen molar-refractivity contribution in [2.75, 3.05) is 10.2 Å². The van der Waals surface area contributed by atoms with Gasteiger partial charge >= 0.3 is 0 Å². The number of hydrogen-bond acceptors (Lipinski definition) is 3. The van der Waals surface area contributed by atoms with Crippen LogP contribution in [0.3, 0.4) is 0 Å². The Labute approximate surface area is 165 Å². The molecule has 2 amide bonds. The van der Waals surface area contributed by atoms with E-state index in [4.69, 9.17) is 4.74 Å². The van der Waals surface area contributed by atoms with Crippen LogP contribution in [-0.2, 0) is 16.0 Å². The number of carbonyl (C=O) groups is 2. The topological polar surface area (TPSA) is 58.6 Å². The molecule has 1 saturated carbocycles. The highest BCUT2D eigenvalue weighted by molar-refractivity contribution is 6.05. The van der Waals surface area contributed by atoms with E-state index in [0.717, 1.165) is 12.1 Å². The first-order valence-electron chi connectivity index (χ1n) is 9.93. The molecule has 5 heteroatoms. The van der Waals surface area contributed by atoms with E-state index < -0.39 is 0 Å². The molecule has 0 radical (unpaired) electrons. The van der Waals surface area contributed by atoms with Crippen molar-refractivity contribution in [1.29, 1.82) is 0 Å². The minimum absolute atomic E-state index is 0.0185. The Hall–Kier alpha value is -2.82. The first kappa shape index (κ1) is 18.5. The first-order chi connectivity index (χ1) is 13.5. The van der Waals surface area contributed by atoms with Crippen LogP contribution in [0.4, 0.5) is 11.4 Å². The molecule has 0 spiro atoms. The van der Waals surface area contributed by atoms with E-state index in [9.17, 15) is 9.59 Å². The third-order valence-electron chi connectivity index (χ3n) is 5.40. The second kappa shape index (κ2) is 7.30. The number of hydrogen-bond donors (Lipinski definition) is 1. The number of nitrogens with zero attached hydrogens (tertiary/aromatic N) is 1. The normalized spacial score (nSPS) is 22.7. The van der Waals surface area contributed by atoms with Gasteiger partial charge in [0.15, 0.2) is 0 Å². The smallest absolute Gasteiger partial charge is 0.231 e. The molecule has 1 aliphatic heterocycles. The Morgan fingerprint density at radius 2 is 1.79 bits per heavy atom. The van der Waals surface area contributed by atoms with E-state index in [1.807, 2.05) is 61.2 Å². The van der Waals surface area contributed by atoms with Gasteiger partial charge in [-0.15, -0.1) is 0 Å². The fraction of sp³-hybridized carbons (Fsp3) is 0.391. The zero-order chi connectivity index (χ0) is 19.8. The summed E-state index contributed by atoms with van der Waals surface area (Å²) >= 11 is 0. The van der Waals surface area contributed by atoms with Crippen LogP contribution in [0.5, 0.6) is 5.75 Å². The average molecular weight is 378 g/mol. The molecule has 1 fully saturated rings. The highest BCUT2D eigenvalue weighted by Gasteiger charge is 2.51. The van der Waals surface area contributed by atoms with Gasteiger partial charge in [-0.25, -0.2) is 0 Å². The van der Waals surface area contributed by atoms with Crippen molar-refractivity contribution >= 4 is 23.2 Å². The Balaban J connectivity index is 1.43. The van der Waals surface area contributed by atoms with Crippen molar-refractivity contribution in [3.8, 4) is 5.75 Å². The van der Waals surface area contributed by atoms with Gasteiger partial charge in [0.05, 0.1) is 23.6 Å². The summed E-state index contributed by atoms with van der Waals surface area (Å²) in [6.45, 7) is 5.96. The van der Waals surface area contributed by atoms with Crippen molar-refractivity contribution in [2.24, 2.45) is 11.8 Å². The van der Waals surface area contributed by atoms with Crippen LogP contribution in [0, 0.1) is 11.8 Å². The van der Waals surface area contributed by atoms with Crippen molar-refractivity contribution in [2.45, 2.75) is 45.8 Å². The summed E-state index contributed by atoms with van der Waals surface area (Å²) in [5.41, 5.74) is 2.84. The second-order valence-electron chi connectivity index (χ2n) is 7.99. The highest BCUT2D eigenvalue weighted by Crippen LogP contribution is 2.44. The monoisotopic (exact) mass is 378 g/mol. The molecule has 4 rings (SSSR count). The second-order valence-corrected chi connectivity index (χ2v) is 7.99. The number of rotatable bonds is 5. The average Bonchev–Trinajstić information content (AvgIpc) is 3.39. The van der Waals surface area contributed by atoms with Gasteiger partial charge in [-0.2, -0.15) is 0 Å². The highest BCUT2D eigenvalue weighted by atomic mass is 16.5. The molecule has 0 bridgehead atoms. The number of benzene rings is 2. The first-order valence-corrected chi connectivity index (χ1v) is 9.93. The maximum atomic E-state index is 13.1. The van der Waals surface area contributed by atoms with Crippen molar-refractivity contribution in [1.82, 2.24) is 0 Å². The van der Waals surface area contributed by atoms with Gasteiger partial charge < -0.3 is 15.0 Å². The Bertz CT molecular complexity index is 908. The zero-order valence-electron chi connectivity index (χ0n) is 16.5. The lowest BCUT2D eigenvalue weighted by molar-refractivity contribution is -0.123. The Morgan fingerprint density at radius 3 is 2.57 bits per heavy atom. The van der Waals surface area contributed by atoms with Crippen molar-refractivity contribution in [3.05, 3.63) is 54.1 Å². The van der Waals surface area contributed by atoms with Crippen LogP contribution in [0.2, 0.25) is 0 Å². The summed E-state index contributed by atoms with van der Waals surface area (Å²) in [5.74, 6) is 0.0745. The van der Waals surface area contributed by atoms with Crippen LogP contribution >= 0.6 is 0 Å². The lowest BCUT2D eigenvalue weighted by Gasteiger charge is -2.23. The molecule has 2 aliphatic rings. The number of fused-ring (bicyclic) bond motifs is 1. The van der Waals surface area contributed by atoms with E-state index in [-0.39, 0.29) is 35.8 Å². The maximum Gasteiger partial charge on any atom is 0.231 e. The molecular weight excluding hydrogens is 352 g/mol. The minimum Gasteiger partial charge on any atom is -0.489 e. The molecule has 146 valence electrons. The minimum atomic E-state index is -0.278. The summed E-state index contributed by atoms with van der Waals surface area (Å²) in [5, 5.41) is 2.95. The SMILES string of the molecule is CC(C)Oc1ccccc1NC(=O)C1CC1C(=O)N1c2ccccc2CC1C. The quantitative estimate of drug-likeness (QED) is 0.855. The molecular formula is C23H26N2O3. The zero-order valence-corrected chi connectivity index (χ0v) is 16.5. The lowest BCUT2D eigenvalue weighted by Crippen LogP contribution is -2.37. The largest absolute Gasteiger partial charge is 0.489 e. The lowest BCUT2D eigenvalue weighted by atomic mass is 10.1. The molecule has 1 heterocycles. The molecule has 2 aromatic rings. The summed E-state index contributed by atoms with van der Waals surface area (Å²) in [6.07, 6.45) is 1.49. The molecule has 28 heavy (non-hydrogen) atoms. The number of ether oxygens (including phenoxy) is 1. The Morgan fingerprint density at radius 1 is 1.07 bits per heavy atom. The molecule has 1 N–H and O–H groups in total. The predicted molar refractivity (Wildman–Crippen MR) is 110 cm³/mol. The summed E-state index contributed by atoms with van der Waals surface area (Å²) < 4.78 is 5.77. The van der Waals surface area contributed by atoms with Gasteiger partial charge in [0.25, 0.3) is 0 Å². The van der Waals surface area contributed by atoms with Crippen molar-refractivity contribution in [3.63, 3.8) is 0 Å². The summed E-state index contributed by atoms with van der Waals surface area (Å²) in [7, 11) is 0.